The van der Waals surface area contributed by atoms with Crippen LogP contribution in [0.25, 0.3) is 0 Å². The third-order valence-electron chi connectivity index (χ3n) is 3.02. The fourth-order valence-electron chi connectivity index (χ4n) is 1.36. The van der Waals surface area contributed by atoms with Gasteiger partial charge < -0.3 is 10.6 Å². The number of hydrogen-bond donors (Lipinski definition) is 2. The number of amides is 1. The molecule has 1 saturated carbocycles. The fraction of sp³-hybridized carbons (Fsp3) is 0.909. The van der Waals surface area contributed by atoms with Gasteiger partial charge in [0.1, 0.15) is 0 Å². The van der Waals surface area contributed by atoms with Crippen molar-refractivity contribution in [3.05, 3.63) is 0 Å². The van der Waals surface area contributed by atoms with Gasteiger partial charge in [-0.3, -0.25) is 4.79 Å². The van der Waals surface area contributed by atoms with Crippen LogP contribution in [-0.2, 0) is 4.79 Å². The van der Waals surface area contributed by atoms with E-state index in [2.05, 4.69) is 17.6 Å². The first kappa shape index (κ1) is 11.5. The van der Waals surface area contributed by atoms with Gasteiger partial charge in [-0.1, -0.05) is 13.3 Å². The predicted octanol–water partition coefficient (Wildman–Crippen LogP) is 1.43. The van der Waals surface area contributed by atoms with E-state index >= 15 is 0 Å². The van der Waals surface area contributed by atoms with E-state index < -0.39 is 0 Å². The summed E-state index contributed by atoms with van der Waals surface area (Å²) in [6, 6.07) is 0.588. The molecular formula is C11H22N2O. The van der Waals surface area contributed by atoms with Crippen molar-refractivity contribution in [3.63, 3.8) is 0 Å². The van der Waals surface area contributed by atoms with Crippen LogP contribution in [-0.4, -0.2) is 24.0 Å². The van der Waals surface area contributed by atoms with E-state index in [1.165, 1.54) is 19.3 Å². The number of nitrogens with one attached hydrogen (secondary N) is 2. The Bertz CT molecular complexity index is 197. The molecule has 0 heterocycles. The van der Waals surface area contributed by atoms with Crippen LogP contribution in [0, 0.1) is 0 Å². The minimum absolute atomic E-state index is 0.0711. The Kier molecular flexibility index (Phi) is 3.93. The van der Waals surface area contributed by atoms with E-state index in [0.717, 1.165) is 6.42 Å². The monoisotopic (exact) mass is 198 g/mol. The predicted molar refractivity (Wildman–Crippen MR) is 58.2 cm³/mol. The minimum Gasteiger partial charge on any atom is -0.350 e. The summed E-state index contributed by atoms with van der Waals surface area (Å²) < 4.78 is 0. The van der Waals surface area contributed by atoms with Crippen molar-refractivity contribution in [3.8, 4) is 0 Å². The number of carbonyl (C=O) groups is 1. The zero-order chi connectivity index (χ0) is 10.6. The topological polar surface area (TPSA) is 41.1 Å². The van der Waals surface area contributed by atoms with Gasteiger partial charge >= 0.3 is 0 Å². The van der Waals surface area contributed by atoms with Crippen molar-refractivity contribution in [2.24, 2.45) is 0 Å². The molecule has 0 aromatic carbocycles. The second kappa shape index (κ2) is 4.78. The molecule has 2 N–H and O–H groups in total. The van der Waals surface area contributed by atoms with Crippen molar-refractivity contribution in [2.45, 2.75) is 58.0 Å². The molecule has 0 bridgehead atoms. The van der Waals surface area contributed by atoms with Gasteiger partial charge in [0.2, 0.25) is 5.91 Å². The molecule has 0 aliphatic heterocycles. The van der Waals surface area contributed by atoms with E-state index in [1.807, 2.05) is 13.8 Å². The second-order valence-electron chi connectivity index (χ2n) is 4.79. The van der Waals surface area contributed by atoms with Crippen molar-refractivity contribution >= 4 is 5.91 Å². The molecule has 0 atom stereocenters. The molecule has 1 aliphatic carbocycles. The third-order valence-corrected chi connectivity index (χ3v) is 3.02. The summed E-state index contributed by atoms with van der Waals surface area (Å²) in [6.45, 7) is 6.65. The maximum absolute atomic E-state index is 11.5. The first-order chi connectivity index (χ1) is 6.53. The molecule has 0 radical (unpaired) electrons. The summed E-state index contributed by atoms with van der Waals surface area (Å²) in [5.74, 6) is 0.115. The van der Waals surface area contributed by atoms with Crippen LogP contribution in [0.15, 0.2) is 0 Å². The van der Waals surface area contributed by atoms with E-state index in [-0.39, 0.29) is 11.4 Å². The summed E-state index contributed by atoms with van der Waals surface area (Å²) in [7, 11) is 0. The van der Waals surface area contributed by atoms with Gasteiger partial charge in [0.05, 0.1) is 6.54 Å². The normalized spacial score (nSPS) is 17.6. The van der Waals surface area contributed by atoms with Crippen molar-refractivity contribution in [2.75, 3.05) is 6.54 Å². The highest BCUT2D eigenvalue weighted by molar-refractivity contribution is 5.78. The standard InChI is InChI=1S/C11H22N2O/c1-4-11(2,3)13-10(14)8-12-9-6-5-7-9/h9,12H,4-8H2,1-3H3,(H,13,14). The van der Waals surface area contributed by atoms with Gasteiger partial charge in [0.15, 0.2) is 0 Å². The molecule has 0 spiro atoms. The highest BCUT2D eigenvalue weighted by atomic mass is 16.2. The van der Waals surface area contributed by atoms with Crippen LogP contribution in [0.4, 0.5) is 0 Å². The summed E-state index contributed by atoms with van der Waals surface area (Å²) in [5.41, 5.74) is -0.0711. The van der Waals surface area contributed by atoms with E-state index in [0.29, 0.717) is 12.6 Å². The Morgan fingerprint density at radius 3 is 2.50 bits per heavy atom. The smallest absolute Gasteiger partial charge is 0.234 e. The van der Waals surface area contributed by atoms with Gasteiger partial charge in [-0.2, -0.15) is 0 Å². The number of carbonyl (C=O) groups excluding carboxylic acids is 1. The van der Waals surface area contributed by atoms with Gasteiger partial charge in [-0.15, -0.1) is 0 Å². The van der Waals surface area contributed by atoms with E-state index in [4.69, 9.17) is 0 Å². The highest BCUT2D eigenvalue weighted by Gasteiger charge is 2.20. The lowest BCUT2D eigenvalue weighted by molar-refractivity contribution is -0.122. The van der Waals surface area contributed by atoms with Crippen LogP contribution in [0.3, 0.4) is 0 Å². The Morgan fingerprint density at radius 2 is 2.07 bits per heavy atom. The van der Waals surface area contributed by atoms with Crippen molar-refractivity contribution in [1.29, 1.82) is 0 Å². The van der Waals surface area contributed by atoms with Crippen LogP contribution < -0.4 is 10.6 Å². The maximum Gasteiger partial charge on any atom is 0.234 e. The summed E-state index contributed by atoms with van der Waals surface area (Å²) in [6.07, 6.45) is 4.72. The lowest BCUT2D eigenvalue weighted by Gasteiger charge is -2.28. The summed E-state index contributed by atoms with van der Waals surface area (Å²) in [5, 5.41) is 6.26. The van der Waals surface area contributed by atoms with Gasteiger partial charge in [-0.25, -0.2) is 0 Å². The highest BCUT2D eigenvalue weighted by Crippen LogP contribution is 2.17. The SMILES string of the molecule is CCC(C)(C)NC(=O)CNC1CCC1. The van der Waals surface area contributed by atoms with Crippen molar-refractivity contribution < 1.29 is 4.79 Å². The van der Waals surface area contributed by atoms with Crippen LogP contribution >= 0.6 is 0 Å². The van der Waals surface area contributed by atoms with Gasteiger partial charge in [0, 0.05) is 11.6 Å². The molecule has 0 aromatic rings. The largest absolute Gasteiger partial charge is 0.350 e. The van der Waals surface area contributed by atoms with Gasteiger partial charge in [0.25, 0.3) is 0 Å². The lowest BCUT2D eigenvalue weighted by Crippen LogP contribution is -2.48. The van der Waals surface area contributed by atoms with Gasteiger partial charge in [-0.05, 0) is 33.1 Å². The Morgan fingerprint density at radius 1 is 1.43 bits per heavy atom. The molecular weight excluding hydrogens is 176 g/mol. The Hall–Kier alpha value is -0.570. The molecule has 0 saturated heterocycles. The fourth-order valence-corrected chi connectivity index (χ4v) is 1.36. The molecule has 82 valence electrons. The average molecular weight is 198 g/mol. The first-order valence-corrected chi connectivity index (χ1v) is 5.58. The molecule has 1 rings (SSSR count). The van der Waals surface area contributed by atoms with E-state index in [9.17, 15) is 4.79 Å². The number of rotatable bonds is 5. The molecule has 3 nitrogen and oxygen atoms in total. The minimum atomic E-state index is -0.0711. The molecule has 1 amide bonds. The second-order valence-corrected chi connectivity index (χ2v) is 4.79. The quantitative estimate of drug-likeness (QED) is 0.701. The zero-order valence-corrected chi connectivity index (χ0v) is 9.52. The Balaban J connectivity index is 2.14. The van der Waals surface area contributed by atoms with Crippen LogP contribution in [0.1, 0.15) is 46.5 Å². The molecule has 0 aromatic heterocycles. The number of hydrogen-bond acceptors (Lipinski definition) is 2. The lowest BCUT2D eigenvalue weighted by atomic mass is 9.93. The summed E-state index contributed by atoms with van der Waals surface area (Å²) >= 11 is 0. The molecule has 1 aliphatic rings. The molecule has 0 unspecified atom stereocenters. The Labute approximate surface area is 86.6 Å². The summed E-state index contributed by atoms with van der Waals surface area (Å²) in [4.78, 5) is 11.5. The van der Waals surface area contributed by atoms with Crippen LogP contribution in [0.2, 0.25) is 0 Å². The third kappa shape index (κ3) is 3.66. The molecule has 14 heavy (non-hydrogen) atoms. The van der Waals surface area contributed by atoms with E-state index in [1.54, 1.807) is 0 Å². The molecule has 3 heteroatoms. The average Bonchev–Trinajstić information content (AvgIpc) is 2.00. The van der Waals surface area contributed by atoms with Crippen molar-refractivity contribution in [1.82, 2.24) is 10.6 Å². The molecule has 1 fully saturated rings. The first-order valence-electron chi connectivity index (χ1n) is 5.58. The maximum atomic E-state index is 11.5. The van der Waals surface area contributed by atoms with Crippen LogP contribution in [0.5, 0.6) is 0 Å². The zero-order valence-electron chi connectivity index (χ0n) is 9.52.